The highest BCUT2D eigenvalue weighted by molar-refractivity contribution is 5.67. The summed E-state index contributed by atoms with van der Waals surface area (Å²) in [5.74, 6) is 2.31. The zero-order valence-corrected chi connectivity index (χ0v) is 17.9. The molecule has 0 spiro atoms. The van der Waals surface area contributed by atoms with Gasteiger partial charge < -0.3 is 20.5 Å². The molecule has 5 nitrogen and oxygen atoms in total. The van der Waals surface area contributed by atoms with Gasteiger partial charge in [0, 0.05) is 18.6 Å². The Hall–Kier alpha value is -1.59. The van der Waals surface area contributed by atoms with Crippen LogP contribution < -0.4 is 10.6 Å². The van der Waals surface area contributed by atoms with Crippen LogP contribution in [0.25, 0.3) is 0 Å². The van der Waals surface area contributed by atoms with Gasteiger partial charge in [-0.15, -0.1) is 0 Å². The third-order valence-corrected chi connectivity index (χ3v) is 8.35. The molecule has 5 atom stereocenters. The molecule has 0 aliphatic heterocycles. The van der Waals surface area contributed by atoms with Crippen LogP contribution in [-0.2, 0) is 11.3 Å². The van der Waals surface area contributed by atoms with Crippen molar-refractivity contribution in [3.8, 4) is 0 Å². The van der Waals surface area contributed by atoms with E-state index >= 15 is 0 Å². The second kappa shape index (κ2) is 8.51. The van der Waals surface area contributed by atoms with Crippen molar-refractivity contribution < 1.29 is 14.6 Å². The number of aliphatic hydroxyl groups excluding tert-OH is 1. The van der Waals surface area contributed by atoms with E-state index in [1.54, 1.807) is 0 Å². The van der Waals surface area contributed by atoms with Crippen molar-refractivity contribution in [2.45, 2.75) is 82.6 Å². The average Bonchev–Trinajstić information content (AvgIpc) is 2.75. The van der Waals surface area contributed by atoms with Crippen molar-refractivity contribution in [3.63, 3.8) is 0 Å². The van der Waals surface area contributed by atoms with Gasteiger partial charge in [0.15, 0.2) is 0 Å². The number of aliphatic hydroxyl groups is 1. The van der Waals surface area contributed by atoms with Crippen LogP contribution in [0.15, 0.2) is 30.3 Å². The van der Waals surface area contributed by atoms with Gasteiger partial charge in [0.25, 0.3) is 0 Å². The largest absolute Gasteiger partial charge is 0.445 e. The normalized spacial score (nSPS) is 39.6. The van der Waals surface area contributed by atoms with E-state index in [1.807, 2.05) is 30.3 Å². The first-order chi connectivity index (χ1) is 14.6. The molecule has 6 rings (SSSR count). The first-order valence-corrected chi connectivity index (χ1v) is 12.0. The Morgan fingerprint density at radius 1 is 1.03 bits per heavy atom. The predicted molar refractivity (Wildman–Crippen MR) is 116 cm³/mol. The second-order valence-electron chi connectivity index (χ2n) is 10.6. The van der Waals surface area contributed by atoms with E-state index in [2.05, 4.69) is 10.6 Å². The predicted octanol–water partition coefficient (Wildman–Crippen LogP) is 4.00. The number of ether oxygens (including phenoxy) is 1. The smallest absolute Gasteiger partial charge is 0.407 e. The van der Waals surface area contributed by atoms with E-state index in [4.69, 9.17) is 4.74 Å². The van der Waals surface area contributed by atoms with E-state index in [1.165, 1.54) is 32.1 Å². The Morgan fingerprint density at radius 2 is 1.73 bits per heavy atom. The fourth-order valence-electron chi connectivity index (χ4n) is 7.23. The first kappa shape index (κ1) is 20.3. The van der Waals surface area contributed by atoms with Crippen molar-refractivity contribution in [2.75, 3.05) is 6.54 Å². The van der Waals surface area contributed by atoms with Gasteiger partial charge in [-0.25, -0.2) is 4.79 Å². The fourth-order valence-corrected chi connectivity index (χ4v) is 7.23. The van der Waals surface area contributed by atoms with Crippen molar-refractivity contribution >= 4 is 6.09 Å². The average molecular weight is 413 g/mol. The minimum atomic E-state index is -0.287. The fraction of sp³-hybridized carbons (Fsp3) is 0.720. The van der Waals surface area contributed by atoms with Crippen molar-refractivity contribution in [2.24, 2.45) is 23.2 Å². The Labute approximate surface area is 180 Å². The van der Waals surface area contributed by atoms with Gasteiger partial charge in [0.2, 0.25) is 0 Å². The van der Waals surface area contributed by atoms with Gasteiger partial charge in [0.1, 0.15) is 6.61 Å². The van der Waals surface area contributed by atoms with E-state index < -0.39 is 0 Å². The summed E-state index contributed by atoms with van der Waals surface area (Å²) in [4.78, 5) is 12.3. The van der Waals surface area contributed by atoms with Crippen LogP contribution in [0, 0.1) is 23.2 Å². The number of hydrogen-bond donors (Lipinski definition) is 3. The Kier molecular flexibility index (Phi) is 5.76. The zero-order chi connectivity index (χ0) is 20.6. The molecule has 1 amide bonds. The molecule has 1 aromatic rings. The van der Waals surface area contributed by atoms with Crippen molar-refractivity contribution in [1.29, 1.82) is 0 Å². The number of nitrogens with one attached hydrogen (secondary N) is 2. The van der Waals surface area contributed by atoms with Gasteiger partial charge in [0.05, 0.1) is 6.10 Å². The minimum absolute atomic E-state index is 0.0856. The summed E-state index contributed by atoms with van der Waals surface area (Å²) < 4.78 is 5.44. The van der Waals surface area contributed by atoms with Crippen LogP contribution in [0.1, 0.15) is 63.4 Å². The molecular formula is C25H36N2O3. The molecular weight excluding hydrogens is 376 g/mol. The van der Waals surface area contributed by atoms with E-state index in [-0.39, 0.29) is 17.6 Å². The molecule has 0 heterocycles. The minimum Gasteiger partial charge on any atom is -0.445 e. The molecule has 5 heteroatoms. The maximum absolute atomic E-state index is 12.3. The number of hydrogen-bond acceptors (Lipinski definition) is 4. The summed E-state index contributed by atoms with van der Waals surface area (Å²) in [6, 6.07) is 11.1. The van der Waals surface area contributed by atoms with Crippen LogP contribution in [0.5, 0.6) is 0 Å². The molecule has 4 bridgehead atoms. The van der Waals surface area contributed by atoms with Gasteiger partial charge in [-0.05, 0) is 86.5 Å². The van der Waals surface area contributed by atoms with Gasteiger partial charge >= 0.3 is 6.09 Å². The molecule has 5 aliphatic carbocycles. The molecule has 0 saturated heterocycles. The lowest BCUT2D eigenvalue weighted by atomic mass is 9.48. The Balaban J connectivity index is 1.13. The molecule has 1 aromatic carbocycles. The van der Waals surface area contributed by atoms with E-state index in [9.17, 15) is 9.90 Å². The molecule has 0 aromatic heterocycles. The number of carbonyl (C=O) groups is 1. The third kappa shape index (κ3) is 4.38. The molecule has 5 aliphatic rings. The monoisotopic (exact) mass is 412 g/mol. The molecule has 4 unspecified atom stereocenters. The second-order valence-corrected chi connectivity index (χ2v) is 10.6. The maximum atomic E-state index is 12.3. The number of carbonyl (C=O) groups excluding carboxylic acids is 1. The lowest BCUT2D eigenvalue weighted by Crippen LogP contribution is -2.62. The van der Waals surface area contributed by atoms with Crippen molar-refractivity contribution in [3.05, 3.63) is 35.9 Å². The molecule has 3 N–H and O–H groups in total. The lowest BCUT2D eigenvalue weighted by Gasteiger charge is -2.61. The Morgan fingerprint density at radius 3 is 2.43 bits per heavy atom. The number of amides is 1. The summed E-state index contributed by atoms with van der Waals surface area (Å²) in [5, 5.41) is 16.9. The summed E-state index contributed by atoms with van der Waals surface area (Å²) in [6.07, 6.45) is 10.2. The Bertz CT molecular complexity index is 715. The topological polar surface area (TPSA) is 70.6 Å². The standard InChI is InChI=1S/C25H36N2O3/c28-22-8-6-21(7-9-22)27-23-19-10-18-11-20(23)14-25(12-18,13-19)16-26-24(29)30-15-17-4-2-1-3-5-17/h1-5,18-23,27-28H,6-16H2,(H,26,29)/t18?,19-,20?,21?,22?,23?,25?/m0/s1. The van der Waals surface area contributed by atoms with Crippen molar-refractivity contribution in [1.82, 2.24) is 10.6 Å². The number of rotatable bonds is 6. The van der Waals surface area contributed by atoms with Crippen LogP contribution in [0.4, 0.5) is 4.79 Å². The van der Waals surface area contributed by atoms with Crippen LogP contribution in [-0.4, -0.2) is 35.9 Å². The number of benzene rings is 1. The highest BCUT2D eigenvalue weighted by atomic mass is 16.5. The van der Waals surface area contributed by atoms with Crippen LogP contribution >= 0.6 is 0 Å². The molecule has 5 fully saturated rings. The molecule has 164 valence electrons. The summed E-state index contributed by atoms with van der Waals surface area (Å²) in [5.41, 5.74) is 1.29. The van der Waals surface area contributed by atoms with Crippen LogP contribution in [0.3, 0.4) is 0 Å². The molecule has 5 saturated carbocycles. The van der Waals surface area contributed by atoms with Gasteiger partial charge in [-0.2, -0.15) is 0 Å². The summed E-state index contributed by atoms with van der Waals surface area (Å²) in [6.45, 7) is 1.09. The lowest BCUT2D eigenvalue weighted by molar-refractivity contribution is -0.0787. The number of alkyl carbamates (subject to hydrolysis) is 1. The quantitative estimate of drug-likeness (QED) is 0.660. The first-order valence-electron chi connectivity index (χ1n) is 12.0. The van der Waals surface area contributed by atoms with E-state index in [0.717, 1.165) is 55.5 Å². The highest BCUT2D eigenvalue weighted by Gasteiger charge is 2.55. The maximum Gasteiger partial charge on any atom is 0.407 e. The van der Waals surface area contributed by atoms with Gasteiger partial charge in [-0.3, -0.25) is 0 Å². The van der Waals surface area contributed by atoms with Gasteiger partial charge in [-0.1, -0.05) is 30.3 Å². The SMILES string of the molecule is O=C(NCC12CC3CC(C1)C(NC1CCC(O)CC1)[C@@H](C3)C2)OCc1ccccc1. The summed E-state index contributed by atoms with van der Waals surface area (Å²) in [7, 11) is 0. The highest BCUT2D eigenvalue weighted by Crippen LogP contribution is 2.60. The third-order valence-electron chi connectivity index (χ3n) is 8.35. The zero-order valence-electron chi connectivity index (χ0n) is 17.9. The molecule has 30 heavy (non-hydrogen) atoms. The van der Waals surface area contributed by atoms with Crippen LogP contribution in [0.2, 0.25) is 0 Å². The summed E-state index contributed by atoms with van der Waals surface area (Å²) >= 11 is 0. The van der Waals surface area contributed by atoms with E-state index in [0.29, 0.717) is 18.7 Å². The molecule has 0 radical (unpaired) electrons.